The summed E-state index contributed by atoms with van der Waals surface area (Å²) in [5.74, 6) is 0. The number of hydrogen-bond acceptors (Lipinski definition) is 3. The molecule has 3 heteroatoms. The lowest BCUT2D eigenvalue weighted by Crippen LogP contribution is -2.42. The smallest absolute Gasteiger partial charge is 0.0431 e. The number of rotatable bonds is 6. The van der Waals surface area contributed by atoms with Gasteiger partial charge in [-0.3, -0.25) is 0 Å². The minimum absolute atomic E-state index is 0.314. The number of piperidine rings is 1. The molecule has 0 atom stereocenters. The lowest BCUT2D eigenvalue weighted by Gasteiger charge is -2.34. The van der Waals surface area contributed by atoms with Gasteiger partial charge in [-0.1, -0.05) is 18.2 Å². The Kier molecular flexibility index (Phi) is 5.49. The number of aliphatic hydroxyl groups is 1. The minimum Gasteiger partial charge on any atom is -0.396 e. The molecule has 1 aliphatic heterocycles. The molecule has 18 heavy (non-hydrogen) atoms. The van der Waals surface area contributed by atoms with Crippen LogP contribution < -0.4 is 10.2 Å². The average molecular weight is 248 g/mol. The molecule has 2 N–H and O–H groups in total. The minimum atomic E-state index is 0.314. The lowest BCUT2D eigenvalue weighted by molar-refractivity contribution is 0.281. The summed E-state index contributed by atoms with van der Waals surface area (Å²) >= 11 is 0. The van der Waals surface area contributed by atoms with Crippen molar-refractivity contribution < 1.29 is 5.11 Å². The molecule has 0 amide bonds. The predicted octanol–water partition coefficient (Wildman–Crippen LogP) is 2.02. The van der Waals surface area contributed by atoms with E-state index in [0.29, 0.717) is 12.6 Å². The van der Waals surface area contributed by atoms with Crippen molar-refractivity contribution in [3.05, 3.63) is 30.3 Å². The third-order valence-corrected chi connectivity index (χ3v) is 3.63. The molecule has 1 saturated heterocycles. The molecule has 0 spiro atoms. The van der Waals surface area contributed by atoms with E-state index in [1.54, 1.807) is 0 Å². The third kappa shape index (κ3) is 4.00. The van der Waals surface area contributed by atoms with Gasteiger partial charge in [0, 0.05) is 31.4 Å². The molecule has 1 aromatic rings. The predicted molar refractivity (Wildman–Crippen MR) is 76.0 cm³/mol. The van der Waals surface area contributed by atoms with Crippen molar-refractivity contribution in [2.75, 3.05) is 31.1 Å². The van der Waals surface area contributed by atoms with Crippen LogP contribution in [0.2, 0.25) is 0 Å². The molecule has 100 valence electrons. The molecule has 0 aliphatic carbocycles. The van der Waals surface area contributed by atoms with Crippen LogP contribution in [0.4, 0.5) is 5.69 Å². The first-order valence-corrected chi connectivity index (χ1v) is 7.04. The fraction of sp³-hybridized carbons (Fsp3) is 0.600. The van der Waals surface area contributed by atoms with Gasteiger partial charge in [0.05, 0.1) is 0 Å². The Morgan fingerprint density at radius 1 is 1.11 bits per heavy atom. The van der Waals surface area contributed by atoms with Crippen molar-refractivity contribution in [2.45, 2.75) is 31.7 Å². The van der Waals surface area contributed by atoms with Gasteiger partial charge < -0.3 is 15.3 Å². The van der Waals surface area contributed by atoms with Gasteiger partial charge >= 0.3 is 0 Å². The summed E-state index contributed by atoms with van der Waals surface area (Å²) < 4.78 is 0. The van der Waals surface area contributed by atoms with Gasteiger partial charge in [0.2, 0.25) is 0 Å². The monoisotopic (exact) mass is 248 g/mol. The van der Waals surface area contributed by atoms with Crippen molar-refractivity contribution in [3.8, 4) is 0 Å². The van der Waals surface area contributed by atoms with Gasteiger partial charge in [-0.25, -0.2) is 0 Å². The first-order chi connectivity index (χ1) is 8.90. The summed E-state index contributed by atoms with van der Waals surface area (Å²) in [6, 6.07) is 11.3. The maximum Gasteiger partial charge on any atom is 0.0431 e. The van der Waals surface area contributed by atoms with Crippen molar-refractivity contribution in [1.29, 1.82) is 0 Å². The van der Waals surface area contributed by atoms with Crippen LogP contribution in [0.25, 0.3) is 0 Å². The highest BCUT2D eigenvalue weighted by Crippen LogP contribution is 2.19. The number of para-hydroxylation sites is 1. The van der Waals surface area contributed by atoms with Crippen LogP contribution in [0.3, 0.4) is 0 Å². The van der Waals surface area contributed by atoms with E-state index in [4.69, 9.17) is 5.11 Å². The van der Waals surface area contributed by atoms with Crippen LogP contribution in [0.5, 0.6) is 0 Å². The van der Waals surface area contributed by atoms with Crippen molar-refractivity contribution in [1.82, 2.24) is 5.32 Å². The van der Waals surface area contributed by atoms with Gasteiger partial charge in [0.25, 0.3) is 0 Å². The zero-order valence-corrected chi connectivity index (χ0v) is 11.0. The highest BCUT2D eigenvalue weighted by molar-refractivity contribution is 5.46. The Morgan fingerprint density at radius 2 is 1.83 bits per heavy atom. The van der Waals surface area contributed by atoms with Gasteiger partial charge in [-0.05, 0) is 44.4 Å². The van der Waals surface area contributed by atoms with Crippen LogP contribution in [0.1, 0.15) is 25.7 Å². The molecule has 1 aromatic carbocycles. The standard InChI is InChI=1S/C15H24N2O/c18-13-5-4-10-16-14-8-11-17(12-9-14)15-6-2-1-3-7-15/h1-3,6-7,14,16,18H,4-5,8-13H2. The van der Waals surface area contributed by atoms with Crippen molar-refractivity contribution in [3.63, 3.8) is 0 Å². The molecule has 0 saturated carbocycles. The summed E-state index contributed by atoms with van der Waals surface area (Å²) in [4.78, 5) is 2.46. The number of hydrogen-bond donors (Lipinski definition) is 2. The molecular weight excluding hydrogens is 224 g/mol. The summed E-state index contributed by atoms with van der Waals surface area (Å²) in [6.45, 7) is 3.63. The molecule has 0 aromatic heterocycles. The van der Waals surface area contributed by atoms with Gasteiger partial charge in [-0.2, -0.15) is 0 Å². The van der Waals surface area contributed by atoms with E-state index in [1.807, 2.05) is 0 Å². The number of anilines is 1. The Morgan fingerprint density at radius 3 is 2.50 bits per heavy atom. The van der Waals surface area contributed by atoms with E-state index in [-0.39, 0.29) is 0 Å². The number of aliphatic hydroxyl groups excluding tert-OH is 1. The molecule has 3 nitrogen and oxygen atoms in total. The second-order valence-electron chi connectivity index (χ2n) is 4.98. The van der Waals surface area contributed by atoms with Crippen molar-refractivity contribution >= 4 is 5.69 Å². The number of unbranched alkanes of at least 4 members (excludes halogenated alkanes) is 1. The Balaban J connectivity index is 1.68. The highest BCUT2D eigenvalue weighted by Gasteiger charge is 2.18. The SMILES string of the molecule is OCCCCNC1CCN(c2ccccc2)CC1. The quantitative estimate of drug-likeness (QED) is 0.756. The average Bonchev–Trinajstić information content (AvgIpc) is 2.45. The van der Waals surface area contributed by atoms with Crippen LogP contribution in [-0.4, -0.2) is 37.4 Å². The summed E-state index contributed by atoms with van der Waals surface area (Å²) in [6.07, 6.45) is 4.42. The topological polar surface area (TPSA) is 35.5 Å². The second-order valence-corrected chi connectivity index (χ2v) is 4.98. The van der Waals surface area contributed by atoms with E-state index in [0.717, 1.165) is 32.5 Å². The summed E-state index contributed by atoms with van der Waals surface area (Å²) in [7, 11) is 0. The Bertz CT molecular complexity index is 321. The Hall–Kier alpha value is -1.06. The zero-order chi connectivity index (χ0) is 12.6. The molecule has 1 fully saturated rings. The van der Waals surface area contributed by atoms with E-state index in [2.05, 4.69) is 40.5 Å². The number of nitrogens with zero attached hydrogens (tertiary/aromatic N) is 1. The van der Waals surface area contributed by atoms with E-state index >= 15 is 0 Å². The van der Waals surface area contributed by atoms with Crippen LogP contribution >= 0.6 is 0 Å². The molecule has 1 aliphatic rings. The normalized spacial score (nSPS) is 17.1. The molecule has 0 bridgehead atoms. The van der Waals surface area contributed by atoms with Crippen LogP contribution in [0, 0.1) is 0 Å². The highest BCUT2D eigenvalue weighted by atomic mass is 16.2. The largest absolute Gasteiger partial charge is 0.396 e. The molecule has 2 rings (SSSR count). The fourth-order valence-corrected chi connectivity index (χ4v) is 2.52. The first kappa shape index (κ1) is 13.4. The van der Waals surface area contributed by atoms with Crippen LogP contribution in [0.15, 0.2) is 30.3 Å². The molecule has 0 radical (unpaired) electrons. The molecule has 0 unspecified atom stereocenters. The lowest BCUT2D eigenvalue weighted by atomic mass is 10.0. The van der Waals surface area contributed by atoms with E-state index in [1.165, 1.54) is 18.5 Å². The summed E-state index contributed by atoms with van der Waals surface area (Å²) in [5.41, 5.74) is 1.34. The third-order valence-electron chi connectivity index (χ3n) is 3.63. The van der Waals surface area contributed by atoms with E-state index in [9.17, 15) is 0 Å². The zero-order valence-electron chi connectivity index (χ0n) is 11.0. The fourth-order valence-electron chi connectivity index (χ4n) is 2.52. The Labute approximate surface area is 110 Å². The van der Waals surface area contributed by atoms with Crippen molar-refractivity contribution in [2.24, 2.45) is 0 Å². The van der Waals surface area contributed by atoms with Gasteiger partial charge in [0.15, 0.2) is 0 Å². The maximum absolute atomic E-state index is 8.73. The second kappa shape index (κ2) is 7.39. The van der Waals surface area contributed by atoms with Crippen LogP contribution in [-0.2, 0) is 0 Å². The number of benzene rings is 1. The van der Waals surface area contributed by atoms with E-state index < -0.39 is 0 Å². The summed E-state index contributed by atoms with van der Waals surface area (Å²) in [5, 5.41) is 12.3. The molecule has 1 heterocycles. The maximum atomic E-state index is 8.73. The first-order valence-electron chi connectivity index (χ1n) is 7.04. The van der Waals surface area contributed by atoms with Gasteiger partial charge in [0.1, 0.15) is 0 Å². The number of nitrogens with one attached hydrogen (secondary N) is 1. The molecular formula is C15H24N2O. The van der Waals surface area contributed by atoms with Gasteiger partial charge in [-0.15, -0.1) is 0 Å².